The van der Waals surface area contributed by atoms with Crippen molar-refractivity contribution in [2.24, 2.45) is 5.11 Å². The number of rotatable bonds is 11. The van der Waals surface area contributed by atoms with Crippen LogP contribution in [0.1, 0.15) is 6.23 Å². The van der Waals surface area contributed by atoms with Crippen LogP contribution >= 0.6 is 7.82 Å². The number of benzene rings is 2. The number of aliphatic hydroxyl groups is 1. The van der Waals surface area contributed by atoms with Gasteiger partial charge in [0.2, 0.25) is 5.72 Å². The first-order valence-electron chi connectivity index (χ1n) is 12.1. The first-order chi connectivity index (χ1) is 20.2. The number of halogens is 1. The number of anilines is 1. The fourth-order valence-electron chi connectivity index (χ4n) is 4.10. The topological polar surface area (TPSA) is 211 Å². The molecule has 18 heteroatoms. The summed E-state index contributed by atoms with van der Waals surface area (Å²) >= 11 is 0. The molecule has 1 aliphatic rings. The second kappa shape index (κ2) is 11.7. The van der Waals surface area contributed by atoms with Crippen LogP contribution in [0, 0.1) is 0 Å². The van der Waals surface area contributed by atoms with Crippen LogP contribution in [-0.4, -0.2) is 63.5 Å². The van der Waals surface area contributed by atoms with E-state index >= 15 is 4.39 Å². The number of aliphatic hydroxyl groups excluding tert-OH is 1. The highest BCUT2D eigenvalue weighted by Gasteiger charge is 2.57. The smallest absolute Gasteiger partial charge is 0.497 e. The maximum absolute atomic E-state index is 15.6. The Morgan fingerprint density at radius 1 is 1.07 bits per heavy atom. The minimum Gasteiger partial charge on any atom is -0.497 e. The molecular formula is C24H24FN8O8P. The third-order valence-corrected chi connectivity index (χ3v) is 7.53. The van der Waals surface area contributed by atoms with Gasteiger partial charge in [-0.25, -0.2) is 23.9 Å². The molecule has 42 heavy (non-hydrogen) atoms. The zero-order valence-corrected chi connectivity index (χ0v) is 22.9. The van der Waals surface area contributed by atoms with E-state index < -0.39 is 38.7 Å². The van der Waals surface area contributed by atoms with Gasteiger partial charge in [-0.1, -0.05) is 5.11 Å². The maximum Gasteiger partial charge on any atom is 0.587 e. The molecule has 1 fully saturated rings. The van der Waals surface area contributed by atoms with E-state index in [1.165, 1.54) is 44.8 Å². The van der Waals surface area contributed by atoms with Crippen LogP contribution < -0.4 is 24.3 Å². The van der Waals surface area contributed by atoms with Gasteiger partial charge in [-0.2, -0.15) is 0 Å². The van der Waals surface area contributed by atoms with E-state index in [4.69, 9.17) is 33.5 Å². The van der Waals surface area contributed by atoms with Gasteiger partial charge in [0.05, 0.1) is 27.2 Å². The Balaban J connectivity index is 1.45. The monoisotopic (exact) mass is 602 g/mol. The van der Waals surface area contributed by atoms with E-state index in [0.29, 0.717) is 11.5 Å². The number of aromatic nitrogens is 4. The van der Waals surface area contributed by atoms with Gasteiger partial charge in [-0.05, 0) is 54.1 Å². The summed E-state index contributed by atoms with van der Waals surface area (Å²) in [5, 5.41) is 14.4. The Morgan fingerprint density at radius 2 is 1.64 bits per heavy atom. The van der Waals surface area contributed by atoms with Crippen molar-refractivity contribution in [2.75, 3.05) is 26.6 Å². The number of azide groups is 1. The van der Waals surface area contributed by atoms with Crippen LogP contribution in [0.4, 0.5) is 10.2 Å². The summed E-state index contributed by atoms with van der Waals surface area (Å²) in [6.45, 7) is -0.956. The van der Waals surface area contributed by atoms with Gasteiger partial charge >= 0.3 is 7.82 Å². The standard InChI is InChI=1S/C24H24FN8O8P/c1-36-14-3-7-16(8-4-14)40-42(35,41-17-9-5-15(37-2)6-10-17)38-11-24(31-32-27)20(34)18(25)23(39-24)33-13-30-19-21(26)28-12-29-22(19)33/h3-10,12-13,18,20,23,34H,11H2,1-2H3,(H2,26,28,29)/t18-,20+,23-,24-/m1/s1. The quantitative estimate of drug-likeness (QED) is 0.108. The number of nitrogens with zero attached hydrogens (tertiary/aromatic N) is 7. The Morgan fingerprint density at radius 3 is 2.19 bits per heavy atom. The first kappa shape index (κ1) is 28.9. The minimum absolute atomic E-state index is 0.0321. The van der Waals surface area contributed by atoms with E-state index in [1.54, 1.807) is 24.3 Å². The van der Waals surface area contributed by atoms with Crippen LogP contribution in [-0.2, 0) is 13.8 Å². The van der Waals surface area contributed by atoms with Crippen molar-refractivity contribution < 1.29 is 41.8 Å². The number of alkyl halides is 1. The summed E-state index contributed by atoms with van der Waals surface area (Å²) in [6, 6.07) is 12.0. The third kappa shape index (κ3) is 5.59. The molecule has 4 atom stereocenters. The van der Waals surface area contributed by atoms with Crippen molar-refractivity contribution in [2.45, 2.75) is 24.2 Å². The molecule has 0 spiro atoms. The van der Waals surface area contributed by atoms with Crippen LogP contribution in [0.2, 0.25) is 0 Å². The molecule has 4 aromatic rings. The lowest BCUT2D eigenvalue weighted by molar-refractivity contribution is -0.120. The molecular weight excluding hydrogens is 578 g/mol. The number of phosphoric ester groups is 1. The average molecular weight is 602 g/mol. The highest BCUT2D eigenvalue weighted by molar-refractivity contribution is 7.49. The first-order valence-corrected chi connectivity index (χ1v) is 13.6. The van der Waals surface area contributed by atoms with E-state index in [2.05, 4.69) is 25.0 Å². The predicted molar refractivity (Wildman–Crippen MR) is 143 cm³/mol. The lowest BCUT2D eigenvalue weighted by Crippen LogP contribution is -2.44. The van der Waals surface area contributed by atoms with Gasteiger partial charge in [-0.15, -0.1) is 0 Å². The van der Waals surface area contributed by atoms with Gasteiger partial charge < -0.3 is 34.1 Å². The zero-order chi connectivity index (χ0) is 29.9. The second-order valence-electron chi connectivity index (χ2n) is 8.77. The number of nitrogen functional groups attached to an aromatic ring is 1. The molecule has 0 saturated carbocycles. The van der Waals surface area contributed by atoms with E-state index in [9.17, 15) is 15.2 Å². The molecule has 5 rings (SSSR count). The molecule has 3 heterocycles. The number of nitrogens with two attached hydrogens (primary N) is 1. The summed E-state index contributed by atoms with van der Waals surface area (Å²) in [5.74, 6) is 1.14. The Bertz CT molecular complexity index is 1600. The van der Waals surface area contributed by atoms with Crippen molar-refractivity contribution in [3.05, 3.63) is 71.6 Å². The molecule has 2 aromatic heterocycles. The number of methoxy groups -OCH3 is 2. The van der Waals surface area contributed by atoms with E-state index in [-0.39, 0.29) is 28.5 Å². The lowest BCUT2D eigenvalue weighted by atomic mass is 10.1. The van der Waals surface area contributed by atoms with Crippen molar-refractivity contribution in [1.82, 2.24) is 19.5 Å². The molecule has 1 saturated heterocycles. The summed E-state index contributed by atoms with van der Waals surface area (Å²) in [7, 11) is -1.69. The largest absolute Gasteiger partial charge is 0.587 e. The molecule has 220 valence electrons. The van der Waals surface area contributed by atoms with Crippen LogP contribution in [0.25, 0.3) is 21.6 Å². The molecule has 0 amide bonds. The maximum atomic E-state index is 15.6. The molecule has 2 aromatic carbocycles. The Kier molecular flexibility index (Phi) is 8.02. The fourth-order valence-corrected chi connectivity index (χ4v) is 5.34. The highest BCUT2D eigenvalue weighted by Crippen LogP contribution is 2.52. The summed E-state index contributed by atoms with van der Waals surface area (Å²) in [5.41, 5.74) is 12.9. The lowest BCUT2D eigenvalue weighted by Gasteiger charge is -2.28. The number of phosphoric acid groups is 1. The van der Waals surface area contributed by atoms with Crippen molar-refractivity contribution >= 4 is 24.8 Å². The molecule has 16 nitrogen and oxygen atoms in total. The molecule has 1 aliphatic heterocycles. The third-order valence-electron chi connectivity index (χ3n) is 6.22. The second-order valence-corrected chi connectivity index (χ2v) is 10.3. The molecule has 0 bridgehead atoms. The molecule has 0 radical (unpaired) electrons. The molecule has 3 N–H and O–H groups in total. The number of ether oxygens (including phenoxy) is 3. The van der Waals surface area contributed by atoms with E-state index in [0.717, 1.165) is 10.9 Å². The van der Waals surface area contributed by atoms with Crippen LogP contribution in [0.3, 0.4) is 0 Å². The van der Waals surface area contributed by atoms with Gasteiger partial charge in [0.25, 0.3) is 0 Å². The minimum atomic E-state index is -4.64. The molecule has 0 aliphatic carbocycles. The Hall–Kier alpha value is -4.66. The van der Waals surface area contributed by atoms with Gasteiger partial charge in [0.1, 0.15) is 40.9 Å². The highest BCUT2D eigenvalue weighted by atomic mass is 31.2. The van der Waals surface area contributed by atoms with Crippen LogP contribution in [0.15, 0.2) is 66.3 Å². The number of imidazole rings is 1. The Labute approximate surface area is 237 Å². The van der Waals surface area contributed by atoms with Gasteiger partial charge in [0, 0.05) is 4.91 Å². The van der Waals surface area contributed by atoms with Crippen molar-refractivity contribution in [3.63, 3.8) is 0 Å². The van der Waals surface area contributed by atoms with Crippen LogP contribution in [0.5, 0.6) is 23.0 Å². The zero-order valence-electron chi connectivity index (χ0n) is 22.1. The van der Waals surface area contributed by atoms with Gasteiger partial charge in [0.15, 0.2) is 23.9 Å². The fraction of sp³-hybridized carbons (Fsp3) is 0.292. The SMILES string of the molecule is COc1ccc(OP(=O)(OC[C@@]2(N=[N+]=[N-])O[C@@H](n3cnc4c(N)ncnc43)[C@H](F)[C@@H]2O)Oc2ccc(OC)cc2)cc1. The molecule has 0 unspecified atom stereocenters. The predicted octanol–water partition coefficient (Wildman–Crippen LogP) is 3.94. The van der Waals surface area contributed by atoms with E-state index in [1.807, 2.05) is 0 Å². The van der Waals surface area contributed by atoms with Gasteiger partial charge in [-0.3, -0.25) is 9.09 Å². The summed E-state index contributed by atoms with van der Waals surface area (Å²) in [6.07, 6.45) is -3.56. The number of hydrogen-bond donors (Lipinski definition) is 2. The summed E-state index contributed by atoms with van der Waals surface area (Å²) < 4.78 is 63.4. The number of fused-ring (bicyclic) bond motifs is 1. The van der Waals surface area contributed by atoms with Crippen molar-refractivity contribution in [3.8, 4) is 23.0 Å². The average Bonchev–Trinajstić information content (AvgIpc) is 3.53. The number of hydrogen-bond acceptors (Lipinski definition) is 13. The normalized spacial score (nSPS) is 22.0. The van der Waals surface area contributed by atoms with Crippen molar-refractivity contribution in [1.29, 1.82) is 0 Å². The summed E-state index contributed by atoms with van der Waals surface area (Å²) in [4.78, 5) is 14.6.